The third-order valence-electron chi connectivity index (χ3n) is 8.03. The van der Waals surface area contributed by atoms with Gasteiger partial charge in [-0.15, -0.1) is 11.8 Å². The summed E-state index contributed by atoms with van der Waals surface area (Å²) in [7, 11) is 0. The molecular formula is C33H60N2O5S. The van der Waals surface area contributed by atoms with E-state index in [-0.39, 0.29) is 30.7 Å². The van der Waals surface area contributed by atoms with Crippen molar-refractivity contribution in [2.24, 2.45) is 5.92 Å². The lowest BCUT2D eigenvalue weighted by atomic mass is 10.0. The van der Waals surface area contributed by atoms with Gasteiger partial charge in [-0.25, -0.2) is 4.79 Å². The maximum atomic E-state index is 12.0. The number of esters is 1. The van der Waals surface area contributed by atoms with Gasteiger partial charge in [0.2, 0.25) is 0 Å². The number of hydrogen-bond acceptors (Lipinski definition) is 7. The Balaban J connectivity index is 1.30. The van der Waals surface area contributed by atoms with E-state index in [0.29, 0.717) is 26.2 Å². The molecule has 1 amide bonds. The van der Waals surface area contributed by atoms with Crippen molar-refractivity contribution in [1.29, 1.82) is 0 Å². The van der Waals surface area contributed by atoms with Crippen LogP contribution < -0.4 is 5.32 Å². The Morgan fingerprint density at radius 1 is 0.829 bits per heavy atom. The number of rotatable bonds is 26. The molecule has 8 heteroatoms. The van der Waals surface area contributed by atoms with E-state index < -0.39 is 0 Å². The normalized spacial score (nSPS) is 18.2. The molecule has 0 aromatic carbocycles. The Morgan fingerprint density at radius 3 is 2.10 bits per heavy atom. The molecule has 2 aliphatic heterocycles. The molecule has 0 saturated carbocycles. The number of hydrogen-bond donors (Lipinski definition) is 1. The number of ether oxygens (including phenoxy) is 3. The van der Waals surface area contributed by atoms with Crippen LogP contribution in [0.1, 0.15) is 135 Å². The molecule has 2 unspecified atom stereocenters. The summed E-state index contributed by atoms with van der Waals surface area (Å²) in [5, 5.41) is 4.99. The molecule has 2 heterocycles. The highest BCUT2D eigenvalue weighted by atomic mass is 32.2. The molecule has 238 valence electrons. The van der Waals surface area contributed by atoms with Gasteiger partial charge in [0.15, 0.2) is 0 Å². The maximum Gasteiger partial charge on any atom is 0.407 e. The minimum atomic E-state index is -0.343. The quantitative estimate of drug-likeness (QED) is 0.0791. The van der Waals surface area contributed by atoms with Crippen molar-refractivity contribution in [3.8, 4) is 0 Å². The monoisotopic (exact) mass is 596 g/mol. The lowest BCUT2D eigenvalue weighted by molar-refractivity contribution is -0.147. The van der Waals surface area contributed by atoms with Gasteiger partial charge in [-0.3, -0.25) is 4.79 Å². The number of carbonyl (C=O) groups excluding carboxylic acids is 2. The number of unbranched alkanes of at least 4 members (excludes halogenated alkanes) is 16. The first-order valence-corrected chi connectivity index (χ1v) is 17.9. The molecule has 0 spiro atoms. The largest absolute Gasteiger partial charge is 0.463 e. The van der Waals surface area contributed by atoms with Gasteiger partial charge in [-0.05, 0) is 31.1 Å². The smallest absolute Gasteiger partial charge is 0.407 e. The molecule has 2 atom stereocenters. The van der Waals surface area contributed by atoms with Gasteiger partial charge in [-0.1, -0.05) is 103 Å². The first kappa shape index (κ1) is 35.8. The summed E-state index contributed by atoms with van der Waals surface area (Å²) in [5.74, 6) is 1.05. The number of carbonyl (C=O) groups is 2. The molecule has 2 rings (SSSR count). The number of amides is 1. The lowest BCUT2D eigenvalue weighted by Crippen LogP contribution is -2.27. The molecule has 1 fully saturated rings. The summed E-state index contributed by atoms with van der Waals surface area (Å²) in [6.45, 7) is 5.17. The van der Waals surface area contributed by atoms with Crippen LogP contribution in [0.15, 0.2) is 11.6 Å². The minimum absolute atomic E-state index is 0.101. The van der Waals surface area contributed by atoms with Crippen LogP contribution in [0.4, 0.5) is 4.79 Å². The zero-order valence-electron chi connectivity index (χ0n) is 26.1. The molecule has 0 bridgehead atoms. The van der Waals surface area contributed by atoms with Gasteiger partial charge >= 0.3 is 12.1 Å². The van der Waals surface area contributed by atoms with Gasteiger partial charge in [0.1, 0.15) is 6.61 Å². The van der Waals surface area contributed by atoms with E-state index in [9.17, 15) is 9.59 Å². The average molecular weight is 597 g/mol. The van der Waals surface area contributed by atoms with Gasteiger partial charge in [0.05, 0.1) is 25.2 Å². The molecule has 1 N–H and O–H groups in total. The van der Waals surface area contributed by atoms with Crippen LogP contribution in [-0.4, -0.2) is 61.9 Å². The van der Waals surface area contributed by atoms with Crippen molar-refractivity contribution in [3.05, 3.63) is 11.6 Å². The molecule has 1 saturated heterocycles. The predicted molar refractivity (Wildman–Crippen MR) is 170 cm³/mol. The molecule has 0 aliphatic carbocycles. The number of nitrogens with zero attached hydrogens (tertiary/aromatic N) is 1. The van der Waals surface area contributed by atoms with Crippen molar-refractivity contribution < 1.29 is 23.8 Å². The van der Waals surface area contributed by atoms with Crippen LogP contribution in [0.3, 0.4) is 0 Å². The summed E-state index contributed by atoms with van der Waals surface area (Å²) in [6, 6.07) is 0. The van der Waals surface area contributed by atoms with Gasteiger partial charge in [0, 0.05) is 31.6 Å². The summed E-state index contributed by atoms with van der Waals surface area (Å²) in [4.78, 5) is 26.3. The topological polar surface area (TPSA) is 77.1 Å². The fraction of sp³-hybridized carbons (Fsp3) is 0.879. The summed E-state index contributed by atoms with van der Waals surface area (Å²) >= 11 is 1.82. The highest BCUT2D eigenvalue weighted by Crippen LogP contribution is 2.21. The Bertz CT molecular complexity index is 693. The molecule has 0 radical (unpaired) electrons. The molecule has 41 heavy (non-hydrogen) atoms. The zero-order valence-corrected chi connectivity index (χ0v) is 26.9. The van der Waals surface area contributed by atoms with Crippen molar-refractivity contribution in [2.75, 3.05) is 38.8 Å². The standard InChI is InChI=1S/C33H60N2O5S/c1-2-3-4-5-6-7-8-9-10-11-12-13-14-15-18-21-34-33(37)40-27-30-25-31(38-26-30)28-39-32(36)20-17-16-19-22-35-23-24-41-29-35/h23-24,30-31H,2-22,25-29H2,1H3,(H,34,37). The van der Waals surface area contributed by atoms with Crippen molar-refractivity contribution in [3.63, 3.8) is 0 Å². The molecule has 2 aliphatic rings. The molecule has 0 aromatic heterocycles. The Kier molecular flexibility index (Phi) is 21.9. The summed E-state index contributed by atoms with van der Waals surface area (Å²) in [5.41, 5.74) is 0. The fourth-order valence-corrected chi connectivity index (χ4v) is 6.16. The minimum Gasteiger partial charge on any atom is -0.463 e. The zero-order chi connectivity index (χ0) is 29.2. The number of thioether (sulfide) groups is 1. The van der Waals surface area contributed by atoms with Crippen LogP contribution in [-0.2, 0) is 19.0 Å². The Labute approximate surface area is 255 Å². The highest BCUT2D eigenvalue weighted by molar-refractivity contribution is 8.02. The van der Waals surface area contributed by atoms with E-state index in [0.717, 1.165) is 50.9 Å². The van der Waals surface area contributed by atoms with Crippen molar-refractivity contribution >= 4 is 23.8 Å². The average Bonchev–Trinajstić information content (AvgIpc) is 3.67. The lowest BCUT2D eigenvalue weighted by Gasteiger charge is -2.14. The van der Waals surface area contributed by atoms with Gasteiger partial charge < -0.3 is 24.4 Å². The molecule has 0 aromatic rings. The fourth-order valence-electron chi connectivity index (χ4n) is 5.41. The summed E-state index contributed by atoms with van der Waals surface area (Å²) in [6.07, 6.45) is 25.9. The molecular weight excluding hydrogens is 536 g/mol. The maximum absolute atomic E-state index is 12.0. The molecule has 7 nitrogen and oxygen atoms in total. The van der Waals surface area contributed by atoms with E-state index in [4.69, 9.17) is 14.2 Å². The predicted octanol–water partition coefficient (Wildman–Crippen LogP) is 8.57. The third kappa shape index (κ3) is 20.2. The second-order valence-corrected chi connectivity index (χ2v) is 12.8. The van der Waals surface area contributed by atoms with Crippen LogP contribution in [0.2, 0.25) is 0 Å². The Morgan fingerprint density at radius 2 is 1.46 bits per heavy atom. The second-order valence-electron chi connectivity index (χ2n) is 11.9. The number of alkyl carbamates (subject to hydrolysis) is 1. The Hall–Kier alpha value is -1.41. The van der Waals surface area contributed by atoms with Crippen LogP contribution in [0.5, 0.6) is 0 Å². The van der Waals surface area contributed by atoms with Crippen LogP contribution in [0.25, 0.3) is 0 Å². The SMILES string of the molecule is CCCCCCCCCCCCCCCCCNC(=O)OCC1COC(COC(=O)CCCCCN2C=CSC2)C1. The van der Waals surface area contributed by atoms with E-state index >= 15 is 0 Å². The number of nitrogens with one attached hydrogen (secondary N) is 1. The van der Waals surface area contributed by atoms with E-state index in [1.165, 1.54) is 83.5 Å². The van der Waals surface area contributed by atoms with E-state index in [1.807, 2.05) is 11.8 Å². The second kappa shape index (κ2) is 25.1. The third-order valence-corrected chi connectivity index (χ3v) is 8.82. The van der Waals surface area contributed by atoms with Crippen LogP contribution >= 0.6 is 11.8 Å². The van der Waals surface area contributed by atoms with Crippen LogP contribution in [0, 0.1) is 5.92 Å². The first-order valence-electron chi connectivity index (χ1n) is 16.9. The van der Waals surface area contributed by atoms with Crippen molar-refractivity contribution in [1.82, 2.24) is 10.2 Å². The van der Waals surface area contributed by atoms with Gasteiger partial charge in [0.25, 0.3) is 0 Å². The van der Waals surface area contributed by atoms with Crippen molar-refractivity contribution in [2.45, 2.75) is 141 Å². The first-order chi connectivity index (χ1) is 20.2. The van der Waals surface area contributed by atoms with E-state index in [2.05, 4.69) is 28.7 Å². The highest BCUT2D eigenvalue weighted by Gasteiger charge is 2.27. The van der Waals surface area contributed by atoms with Gasteiger partial charge in [-0.2, -0.15) is 0 Å². The summed E-state index contributed by atoms with van der Waals surface area (Å²) < 4.78 is 16.5. The van der Waals surface area contributed by atoms with E-state index in [1.54, 1.807) is 0 Å².